The van der Waals surface area contributed by atoms with Crippen LogP contribution >= 0.6 is 0 Å². The normalized spacial score (nSPS) is 12.5. The van der Waals surface area contributed by atoms with Crippen LogP contribution < -0.4 is 26.2 Å². The van der Waals surface area contributed by atoms with E-state index in [1.165, 1.54) is 86.6 Å². The van der Waals surface area contributed by atoms with Crippen LogP contribution in [0.4, 0.5) is 34.1 Å². The lowest BCUT2D eigenvalue weighted by Crippen LogP contribution is -2.61. The molecule has 0 unspecified atom stereocenters. The molecule has 0 bridgehead atoms. The van der Waals surface area contributed by atoms with Gasteiger partial charge < -0.3 is 18.9 Å². The van der Waals surface area contributed by atoms with Crippen molar-refractivity contribution in [1.29, 1.82) is 0 Å². The van der Waals surface area contributed by atoms with Gasteiger partial charge in [-0.2, -0.15) is 0 Å². The third-order valence-corrected chi connectivity index (χ3v) is 24.8. The third-order valence-electron chi connectivity index (χ3n) is 24.8. The molecule has 20 aromatic carbocycles. The summed E-state index contributed by atoms with van der Waals surface area (Å²) in [7, 11) is 0. The van der Waals surface area contributed by atoms with Gasteiger partial charge in [0, 0.05) is 72.2 Å². The van der Waals surface area contributed by atoms with E-state index in [-0.39, 0.29) is 6.71 Å². The van der Waals surface area contributed by atoms with Crippen LogP contribution in [0, 0.1) is 0 Å². The zero-order valence-electron chi connectivity index (χ0n) is 62.7. The van der Waals surface area contributed by atoms with Gasteiger partial charge in [0.05, 0.1) is 39.1 Å². The quantitative estimate of drug-likeness (QED) is 0.0729. The van der Waals surface area contributed by atoms with Gasteiger partial charge in [-0.1, -0.05) is 340 Å². The Labute approximate surface area is 666 Å². The summed E-state index contributed by atoms with van der Waals surface area (Å²) in [5.41, 5.74) is 32.5. The van der Waals surface area contributed by atoms with Crippen molar-refractivity contribution in [3.05, 3.63) is 419 Å². The molecule has 2 aliphatic heterocycles. The Bertz CT molecular complexity index is 7470. The molecular formula is C110H69BN4. The van der Waals surface area contributed by atoms with E-state index in [2.05, 4.69) is 438 Å². The molecule has 532 valence electrons. The fourth-order valence-electron chi connectivity index (χ4n) is 19.9. The highest BCUT2D eigenvalue weighted by molar-refractivity contribution is 7.00. The number of hydrogen-bond acceptors (Lipinski definition) is 2. The van der Waals surface area contributed by atoms with Crippen LogP contribution in [-0.4, -0.2) is 15.8 Å². The number of rotatable bonds is 11. The van der Waals surface area contributed by atoms with Gasteiger partial charge in [0.1, 0.15) is 0 Å². The molecule has 0 N–H and O–H groups in total. The lowest BCUT2D eigenvalue weighted by atomic mass is 9.33. The Morgan fingerprint density at radius 2 is 0.548 bits per heavy atom. The van der Waals surface area contributed by atoms with E-state index < -0.39 is 0 Å². The predicted octanol–water partition coefficient (Wildman–Crippen LogP) is 27.7. The van der Waals surface area contributed by atoms with Gasteiger partial charge in [-0.05, 0) is 194 Å². The first-order chi connectivity index (χ1) is 57.1. The zero-order valence-corrected chi connectivity index (χ0v) is 62.7. The van der Waals surface area contributed by atoms with Crippen molar-refractivity contribution in [2.75, 3.05) is 9.80 Å². The smallest absolute Gasteiger partial charge is 0.252 e. The standard InChI is InChI=1S/C110H69BN4/c1-7-30-70(31-8-1)79-62-91(72-34-11-3-12-35-72)109(92(63-79)73-36-13-4-14-37-73)114-101-61-57-78(83-59-56-77-44-28-50-89-88-49-27-42-76-43-29-51-90(105(76)88)107(83)106(77)89)66-96(101)111-95-60-58-81(112-97-52-23-19-45-84(97)85-46-20-24-53-98(85)112)67-102(95)115(104-69-82(68-103(114)108(104)111)113-99-54-25-21-47-86(99)87-48-22-26-55-100(87)113)110-93(74-38-15-5-16-39-74)64-80(71-32-9-2-10-33-71)65-94(110)75-40-17-6-18-41-75/h1-69H. The molecule has 0 spiro atoms. The average molecular weight is 1460 g/mol. The molecule has 2 aliphatic rings. The van der Waals surface area contributed by atoms with E-state index in [0.29, 0.717) is 0 Å². The predicted molar refractivity (Wildman–Crippen MR) is 488 cm³/mol. The Kier molecular flexibility index (Phi) is 14.5. The maximum Gasteiger partial charge on any atom is 0.252 e. The molecule has 4 nitrogen and oxygen atoms in total. The molecule has 0 fully saturated rings. The number of nitrogens with zero attached hydrogens (tertiary/aromatic N) is 4. The topological polar surface area (TPSA) is 16.3 Å². The molecule has 0 amide bonds. The SMILES string of the molecule is c1ccc(-c2cc(-c3ccccc3)c(N3c4ccc(-c5ccc6cccc7c8cccc9cccc(c5c67)c98)cc4B4c5ccc(-n6c7ccccc7c7ccccc76)cc5N(c5c(-c6ccccc6)cc(-c6ccccc6)cc5-c5ccccc5)c5cc(-n6c7ccccc7c7ccccc76)cc3c54)c(-c3ccccc3)c2)cc1. The van der Waals surface area contributed by atoms with Crippen molar-refractivity contribution in [2.45, 2.75) is 0 Å². The first-order valence-corrected chi connectivity index (χ1v) is 39.9. The van der Waals surface area contributed by atoms with Gasteiger partial charge in [-0.3, -0.25) is 0 Å². The number of benzene rings is 20. The molecule has 0 radical (unpaired) electrons. The minimum absolute atomic E-state index is 0.355. The van der Waals surface area contributed by atoms with Crippen molar-refractivity contribution in [3.8, 4) is 89.3 Å². The first-order valence-electron chi connectivity index (χ1n) is 39.9. The van der Waals surface area contributed by atoms with Gasteiger partial charge >= 0.3 is 0 Å². The van der Waals surface area contributed by atoms with Crippen LogP contribution in [0.2, 0.25) is 0 Å². The molecule has 5 heteroatoms. The third kappa shape index (κ3) is 9.94. The van der Waals surface area contributed by atoms with Crippen molar-refractivity contribution < 1.29 is 0 Å². The molecule has 115 heavy (non-hydrogen) atoms. The molecule has 0 atom stereocenters. The summed E-state index contributed by atoms with van der Waals surface area (Å²) in [6.45, 7) is -0.355. The van der Waals surface area contributed by atoms with Gasteiger partial charge in [0.15, 0.2) is 0 Å². The van der Waals surface area contributed by atoms with E-state index in [4.69, 9.17) is 0 Å². The summed E-state index contributed by atoms with van der Waals surface area (Å²) in [4.78, 5) is 5.45. The molecule has 22 aromatic rings. The highest BCUT2D eigenvalue weighted by atomic mass is 15.2. The van der Waals surface area contributed by atoms with Crippen molar-refractivity contribution >= 4 is 144 Å². The highest BCUT2D eigenvalue weighted by Gasteiger charge is 2.46. The van der Waals surface area contributed by atoms with Crippen molar-refractivity contribution in [1.82, 2.24) is 9.13 Å². The lowest BCUT2D eigenvalue weighted by Gasteiger charge is -2.46. The Balaban J connectivity index is 0.907. The minimum Gasteiger partial charge on any atom is -0.310 e. The van der Waals surface area contributed by atoms with Gasteiger partial charge in [0.2, 0.25) is 0 Å². The van der Waals surface area contributed by atoms with E-state index >= 15 is 0 Å². The van der Waals surface area contributed by atoms with Gasteiger partial charge in [-0.25, -0.2) is 0 Å². The summed E-state index contributed by atoms with van der Waals surface area (Å²) in [6, 6.07) is 158. The van der Waals surface area contributed by atoms with E-state index in [1.807, 2.05) is 0 Å². The van der Waals surface area contributed by atoms with Crippen LogP contribution in [-0.2, 0) is 0 Å². The molecular weight excluding hydrogens is 1390 g/mol. The summed E-state index contributed by atoms with van der Waals surface area (Å²) >= 11 is 0. The first kappa shape index (κ1) is 64.8. The Morgan fingerprint density at radius 1 is 0.183 bits per heavy atom. The summed E-state index contributed by atoms with van der Waals surface area (Å²) in [5.74, 6) is 0. The number of para-hydroxylation sites is 4. The Morgan fingerprint density at radius 3 is 1.00 bits per heavy atom. The zero-order chi connectivity index (χ0) is 75.3. The van der Waals surface area contributed by atoms with E-state index in [9.17, 15) is 0 Å². The number of aromatic nitrogens is 2. The molecule has 0 saturated heterocycles. The van der Waals surface area contributed by atoms with E-state index in [1.54, 1.807) is 0 Å². The van der Waals surface area contributed by atoms with Crippen LogP contribution in [0.1, 0.15) is 0 Å². The maximum absolute atomic E-state index is 2.73. The van der Waals surface area contributed by atoms with Gasteiger partial charge in [0.25, 0.3) is 6.71 Å². The number of hydrogen-bond donors (Lipinski definition) is 0. The fraction of sp³-hybridized carbons (Fsp3) is 0. The van der Waals surface area contributed by atoms with Crippen LogP contribution in [0.5, 0.6) is 0 Å². The van der Waals surface area contributed by atoms with Crippen molar-refractivity contribution in [2.24, 2.45) is 0 Å². The largest absolute Gasteiger partial charge is 0.310 e. The Hall–Kier alpha value is -15.0. The van der Waals surface area contributed by atoms with Crippen LogP contribution in [0.3, 0.4) is 0 Å². The molecule has 2 aromatic heterocycles. The summed E-state index contributed by atoms with van der Waals surface area (Å²) in [5, 5.41) is 14.9. The molecule has 24 rings (SSSR count). The number of fused-ring (bicyclic) bond motifs is 12. The monoisotopic (exact) mass is 1460 g/mol. The summed E-state index contributed by atoms with van der Waals surface area (Å²) in [6.07, 6.45) is 0. The fourth-order valence-corrected chi connectivity index (χ4v) is 19.9. The molecule has 0 aliphatic carbocycles. The van der Waals surface area contributed by atoms with E-state index in [0.717, 1.165) is 140 Å². The second kappa shape index (κ2) is 25.8. The van der Waals surface area contributed by atoms with Crippen LogP contribution in [0.15, 0.2) is 419 Å². The van der Waals surface area contributed by atoms with Crippen LogP contribution in [0.25, 0.3) is 176 Å². The minimum atomic E-state index is -0.355. The average Bonchev–Trinajstić information content (AvgIpc) is 1.21. The maximum atomic E-state index is 2.73. The lowest BCUT2D eigenvalue weighted by molar-refractivity contribution is 1.15. The molecule has 0 saturated carbocycles. The second-order valence-electron chi connectivity index (χ2n) is 30.9. The number of anilines is 6. The molecule has 4 heterocycles. The van der Waals surface area contributed by atoms with Crippen molar-refractivity contribution in [3.63, 3.8) is 0 Å². The summed E-state index contributed by atoms with van der Waals surface area (Å²) < 4.78 is 5.06. The highest BCUT2D eigenvalue weighted by Crippen LogP contribution is 2.57. The van der Waals surface area contributed by atoms with Gasteiger partial charge in [-0.15, -0.1) is 0 Å². The second-order valence-corrected chi connectivity index (χ2v) is 30.9.